The number of ether oxygens (including phenoxy) is 1. The molecular formula is C14H20ClN3O3. The molecule has 6 nitrogen and oxygen atoms in total. The monoisotopic (exact) mass is 313 g/mol. The van der Waals surface area contributed by atoms with Crippen LogP contribution in [0.3, 0.4) is 0 Å². The third kappa shape index (κ3) is 3.50. The van der Waals surface area contributed by atoms with Crippen molar-refractivity contribution >= 4 is 23.6 Å². The van der Waals surface area contributed by atoms with E-state index in [1.807, 2.05) is 13.8 Å². The van der Waals surface area contributed by atoms with Gasteiger partial charge in [-0.15, -0.1) is 0 Å². The Morgan fingerprint density at radius 2 is 2.24 bits per heavy atom. The Morgan fingerprint density at radius 3 is 2.76 bits per heavy atom. The highest BCUT2D eigenvalue weighted by atomic mass is 35.5. The number of hydrogen-bond donors (Lipinski definition) is 2. The zero-order valence-electron chi connectivity index (χ0n) is 12.4. The largest absolute Gasteiger partial charge is 0.453 e. The molecule has 0 aliphatic carbocycles. The quantitative estimate of drug-likeness (QED) is 0.879. The highest BCUT2D eigenvalue weighted by Gasteiger charge is 2.30. The first-order chi connectivity index (χ1) is 9.92. The summed E-state index contributed by atoms with van der Waals surface area (Å²) in [5, 5.41) is 3.55. The van der Waals surface area contributed by atoms with Crippen LogP contribution in [0.2, 0.25) is 5.02 Å². The van der Waals surface area contributed by atoms with Crippen LogP contribution in [0.1, 0.15) is 29.5 Å². The zero-order valence-corrected chi connectivity index (χ0v) is 13.2. The molecule has 21 heavy (non-hydrogen) atoms. The SMILES string of the molecule is COC(=O)N1CC[C@@H](NC(=O)c2cc(Cl)c(C)[nH]2)[C@@H](C)C1. The third-order valence-electron chi connectivity index (χ3n) is 3.85. The van der Waals surface area contributed by atoms with E-state index in [0.29, 0.717) is 30.2 Å². The van der Waals surface area contributed by atoms with E-state index in [4.69, 9.17) is 16.3 Å². The highest BCUT2D eigenvalue weighted by molar-refractivity contribution is 6.31. The van der Waals surface area contributed by atoms with Gasteiger partial charge >= 0.3 is 6.09 Å². The fourth-order valence-corrected chi connectivity index (χ4v) is 2.71. The summed E-state index contributed by atoms with van der Waals surface area (Å²) in [7, 11) is 1.37. The molecule has 116 valence electrons. The molecule has 2 N–H and O–H groups in total. The molecule has 1 saturated heterocycles. The fourth-order valence-electron chi connectivity index (χ4n) is 2.56. The van der Waals surface area contributed by atoms with E-state index >= 15 is 0 Å². The van der Waals surface area contributed by atoms with Crippen molar-refractivity contribution in [3.8, 4) is 0 Å². The van der Waals surface area contributed by atoms with Gasteiger partial charge in [-0.1, -0.05) is 18.5 Å². The number of carbonyl (C=O) groups excluding carboxylic acids is 2. The normalized spacial score (nSPS) is 22.0. The first-order valence-electron chi connectivity index (χ1n) is 6.91. The maximum Gasteiger partial charge on any atom is 0.409 e. The summed E-state index contributed by atoms with van der Waals surface area (Å²) in [6.45, 7) is 4.97. The third-order valence-corrected chi connectivity index (χ3v) is 4.24. The van der Waals surface area contributed by atoms with Gasteiger partial charge in [0.05, 0.1) is 12.1 Å². The van der Waals surface area contributed by atoms with Crippen molar-refractivity contribution < 1.29 is 14.3 Å². The molecule has 2 amide bonds. The molecule has 0 bridgehead atoms. The van der Waals surface area contributed by atoms with Crippen molar-refractivity contribution in [1.82, 2.24) is 15.2 Å². The lowest BCUT2D eigenvalue weighted by molar-refractivity contribution is 0.0811. The summed E-state index contributed by atoms with van der Waals surface area (Å²) in [6.07, 6.45) is 0.383. The maximum atomic E-state index is 12.2. The number of methoxy groups -OCH3 is 1. The van der Waals surface area contributed by atoms with E-state index in [1.165, 1.54) is 7.11 Å². The number of nitrogens with zero attached hydrogens (tertiary/aromatic N) is 1. The Balaban J connectivity index is 1.95. The molecule has 0 aromatic carbocycles. The minimum absolute atomic E-state index is 0.0285. The minimum atomic E-state index is -0.321. The average Bonchev–Trinajstić information content (AvgIpc) is 2.80. The van der Waals surface area contributed by atoms with Crippen molar-refractivity contribution in [1.29, 1.82) is 0 Å². The molecule has 2 rings (SSSR count). The zero-order chi connectivity index (χ0) is 15.6. The van der Waals surface area contributed by atoms with Gasteiger partial charge in [0.15, 0.2) is 0 Å². The van der Waals surface area contributed by atoms with E-state index < -0.39 is 0 Å². The lowest BCUT2D eigenvalue weighted by Crippen LogP contribution is -2.51. The van der Waals surface area contributed by atoms with Crippen LogP contribution in [-0.4, -0.2) is 48.1 Å². The van der Waals surface area contributed by atoms with Crippen molar-refractivity contribution in [2.75, 3.05) is 20.2 Å². The topological polar surface area (TPSA) is 74.4 Å². The molecule has 0 saturated carbocycles. The number of halogens is 1. The molecule has 0 radical (unpaired) electrons. The average molecular weight is 314 g/mol. The summed E-state index contributed by atoms with van der Waals surface area (Å²) in [5.41, 5.74) is 1.23. The number of piperidine rings is 1. The molecule has 0 unspecified atom stereocenters. The predicted octanol–water partition coefficient (Wildman–Crippen LogP) is 2.18. The Morgan fingerprint density at radius 1 is 1.52 bits per heavy atom. The summed E-state index contributed by atoms with van der Waals surface area (Å²) in [4.78, 5) is 28.3. The summed E-state index contributed by atoms with van der Waals surface area (Å²) < 4.78 is 4.72. The van der Waals surface area contributed by atoms with Gasteiger partial charge in [-0.3, -0.25) is 4.79 Å². The second-order valence-electron chi connectivity index (χ2n) is 5.42. The lowest BCUT2D eigenvalue weighted by atomic mass is 9.94. The molecule has 2 atom stereocenters. The second kappa shape index (κ2) is 6.39. The van der Waals surface area contributed by atoms with Gasteiger partial charge in [0.1, 0.15) is 5.69 Å². The van der Waals surface area contributed by atoms with Gasteiger partial charge in [-0.05, 0) is 25.3 Å². The Bertz CT molecular complexity index is 524. The first-order valence-corrected chi connectivity index (χ1v) is 7.29. The van der Waals surface area contributed by atoms with E-state index in [1.54, 1.807) is 11.0 Å². The van der Waals surface area contributed by atoms with Gasteiger partial charge in [0.25, 0.3) is 5.91 Å². The van der Waals surface area contributed by atoms with Gasteiger partial charge < -0.3 is 19.9 Å². The van der Waals surface area contributed by atoms with Crippen LogP contribution in [0.25, 0.3) is 0 Å². The van der Waals surface area contributed by atoms with Gasteiger partial charge in [0.2, 0.25) is 0 Å². The first kappa shape index (κ1) is 15.7. The number of aromatic nitrogens is 1. The van der Waals surface area contributed by atoms with Crippen LogP contribution in [0.4, 0.5) is 4.79 Å². The molecule has 1 aromatic rings. The van der Waals surface area contributed by atoms with Crippen LogP contribution in [0.15, 0.2) is 6.07 Å². The Kier molecular flexibility index (Phi) is 4.77. The number of aromatic amines is 1. The van der Waals surface area contributed by atoms with E-state index in [9.17, 15) is 9.59 Å². The maximum absolute atomic E-state index is 12.2. The van der Waals surface area contributed by atoms with Crippen molar-refractivity contribution in [3.05, 3.63) is 22.5 Å². The fraction of sp³-hybridized carbons (Fsp3) is 0.571. The predicted molar refractivity (Wildman–Crippen MR) is 79.6 cm³/mol. The number of hydrogen-bond acceptors (Lipinski definition) is 3. The standard InChI is InChI=1S/C14H20ClN3O3/c1-8-7-18(14(20)21-3)5-4-11(8)17-13(19)12-6-10(15)9(2)16-12/h6,8,11,16H,4-5,7H2,1-3H3,(H,17,19)/t8-,11+/m0/s1. The molecule has 1 aliphatic rings. The Labute approximate surface area is 128 Å². The number of rotatable bonds is 2. The molecule has 1 aromatic heterocycles. The number of amides is 2. The van der Waals surface area contributed by atoms with E-state index in [2.05, 4.69) is 10.3 Å². The van der Waals surface area contributed by atoms with Crippen molar-refractivity contribution in [3.63, 3.8) is 0 Å². The number of carbonyl (C=O) groups is 2. The van der Waals surface area contributed by atoms with E-state index in [-0.39, 0.29) is 24.0 Å². The molecule has 0 spiro atoms. The summed E-state index contributed by atoms with van der Waals surface area (Å²) in [5.74, 6) is -0.0123. The number of nitrogens with one attached hydrogen (secondary N) is 2. The molecule has 2 heterocycles. The van der Waals surface area contributed by atoms with Gasteiger partial charge in [-0.2, -0.15) is 0 Å². The number of aryl methyl sites for hydroxylation is 1. The van der Waals surface area contributed by atoms with E-state index in [0.717, 1.165) is 5.69 Å². The molecule has 1 fully saturated rings. The smallest absolute Gasteiger partial charge is 0.409 e. The van der Waals surface area contributed by atoms with Gasteiger partial charge in [-0.25, -0.2) is 4.79 Å². The van der Waals surface area contributed by atoms with Crippen LogP contribution >= 0.6 is 11.6 Å². The molecule has 1 aliphatic heterocycles. The lowest BCUT2D eigenvalue weighted by Gasteiger charge is -2.36. The molecule has 7 heteroatoms. The summed E-state index contributed by atoms with van der Waals surface area (Å²) >= 11 is 5.95. The van der Waals surface area contributed by atoms with Crippen LogP contribution in [-0.2, 0) is 4.74 Å². The summed E-state index contributed by atoms with van der Waals surface area (Å²) in [6, 6.07) is 1.65. The van der Waals surface area contributed by atoms with Crippen LogP contribution in [0.5, 0.6) is 0 Å². The van der Waals surface area contributed by atoms with Crippen LogP contribution < -0.4 is 5.32 Å². The molecular weight excluding hydrogens is 294 g/mol. The number of H-pyrrole nitrogens is 1. The Hall–Kier alpha value is -1.69. The van der Waals surface area contributed by atoms with Crippen molar-refractivity contribution in [2.45, 2.75) is 26.3 Å². The van der Waals surface area contributed by atoms with Crippen molar-refractivity contribution in [2.24, 2.45) is 5.92 Å². The minimum Gasteiger partial charge on any atom is -0.453 e. The number of likely N-dealkylation sites (tertiary alicyclic amines) is 1. The van der Waals surface area contributed by atoms with Gasteiger partial charge in [0, 0.05) is 24.8 Å². The highest BCUT2D eigenvalue weighted by Crippen LogP contribution is 2.19. The van der Waals surface area contributed by atoms with Crippen LogP contribution in [0, 0.1) is 12.8 Å². The second-order valence-corrected chi connectivity index (χ2v) is 5.83.